The van der Waals surface area contributed by atoms with Crippen LogP contribution in [-0.2, 0) is 11.3 Å². The number of rotatable bonds is 5. The van der Waals surface area contributed by atoms with E-state index >= 15 is 0 Å². The van der Waals surface area contributed by atoms with E-state index in [2.05, 4.69) is 10.2 Å². The lowest BCUT2D eigenvalue weighted by molar-refractivity contribution is -0.119. The van der Waals surface area contributed by atoms with Gasteiger partial charge < -0.3 is 15.9 Å². The van der Waals surface area contributed by atoms with Crippen LogP contribution in [0.25, 0.3) is 0 Å². The number of carbonyl (C=O) groups is 2. The molecule has 9 heteroatoms. The van der Waals surface area contributed by atoms with E-state index in [1.165, 1.54) is 11.8 Å². The van der Waals surface area contributed by atoms with Crippen molar-refractivity contribution >= 4 is 23.7 Å². The predicted octanol–water partition coefficient (Wildman–Crippen LogP) is -0.795. The summed E-state index contributed by atoms with van der Waals surface area (Å²) in [7, 11) is 0. The minimum absolute atomic E-state index is 0.133. The first-order valence-corrected chi connectivity index (χ1v) is 5.35. The molecule has 1 heterocycles. The first kappa shape index (κ1) is 12.5. The minimum Gasteiger partial charge on any atom is -0.415 e. The van der Waals surface area contributed by atoms with Crippen molar-refractivity contribution in [3.05, 3.63) is 5.89 Å². The zero-order valence-electron chi connectivity index (χ0n) is 8.30. The highest BCUT2D eigenvalue weighted by atomic mass is 32.2. The van der Waals surface area contributed by atoms with Crippen LogP contribution in [0.1, 0.15) is 12.3 Å². The summed E-state index contributed by atoms with van der Waals surface area (Å²) in [4.78, 5) is 21.3. The van der Waals surface area contributed by atoms with Gasteiger partial charge in [0.15, 0.2) is 0 Å². The zero-order valence-corrected chi connectivity index (χ0v) is 9.12. The monoisotopic (exact) mass is 245 g/mol. The molecule has 0 aliphatic rings. The van der Waals surface area contributed by atoms with Crippen LogP contribution < -0.4 is 16.8 Å². The van der Waals surface area contributed by atoms with Gasteiger partial charge in [-0.15, -0.1) is 10.2 Å². The van der Waals surface area contributed by atoms with Crippen LogP contribution >= 0.6 is 11.8 Å². The molecule has 0 bridgehead atoms. The number of thioether (sulfide) groups is 1. The van der Waals surface area contributed by atoms with Gasteiger partial charge in [-0.3, -0.25) is 10.1 Å². The van der Waals surface area contributed by atoms with Crippen molar-refractivity contribution in [3.63, 3.8) is 0 Å². The van der Waals surface area contributed by atoms with Crippen molar-refractivity contribution in [3.8, 4) is 0 Å². The topological polar surface area (TPSA) is 137 Å². The molecular weight excluding hydrogens is 234 g/mol. The highest BCUT2D eigenvalue weighted by Gasteiger charge is 2.08. The van der Waals surface area contributed by atoms with Gasteiger partial charge in [0.05, 0.1) is 6.54 Å². The molecule has 0 fully saturated rings. The molecule has 0 radical (unpaired) electrons. The molecule has 0 spiro atoms. The van der Waals surface area contributed by atoms with Gasteiger partial charge in [-0.2, -0.15) is 0 Å². The Balaban J connectivity index is 2.25. The number of nitrogens with one attached hydrogen (secondary N) is 1. The van der Waals surface area contributed by atoms with E-state index in [1.807, 2.05) is 5.32 Å². The summed E-state index contributed by atoms with van der Waals surface area (Å²) in [5.41, 5.74) is 10.0. The molecule has 1 aromatic heterocycles. The number of imide groups is 1. The first-order chi connectivity index (χ1) is 7.61. The molecule has 5 N–H and O–H groups in total. The Bertz CT molecular complexity index is 380. The molecule has 0 atom stereocenters. The number of hydrogen-bond donors (Lipinski definition) is 3. The number of hydrogen-bond acceptors (Lipinski definition) is 7. The summed E-state index contributed by atoms with van der Waals surface area (Å²) >= 11 is 1.20. The number of nitrogens with zero attached hydrogens (tertiary/aromatic N) is 2. The molecule has 0 unspecified atom stereocenters. The summed E-state index contributed by atoms with van der Waals surface area (Å²) in [5.74, 6) is 0.299. The van der Waals surface area contributed by atoms with Crippen LogP contribution in [0, 0.1) is 0 Å². The largest absolute Gasteiger partial charge is 0.415 e. The van der Waals surface area contributed by atoms with E-state index in [9.17, 15) is 9.59 Å². The van der Waals surface area contributed by atoms with Gasteiger partial charge in [0.25, 0.3) is 5.22 Å². The molecular formula is C7H11N5O3S. The average Bonchev–Trinajstić information content (AvgIpc) is 2.64. The first-order valence-electron chi connectivity index (χ1n) is 4.36. The SMILES string of the molecule is NCc1nnc(SCCC(=O)NC(N)=O)o1. The van der Waals surface area contributed by atoms with Crippen molar-refractivity contribution in [1.82, 2.24) is 15.5 Å². The molecule has 0 aliphatic carbocycles. The fourth-order valence-corrected chi connectivity index (χ4v) is 1.53. The van der Waals surface area contributed by atoms with Crippen LogP contribution in [0.4, 0.5) is 4.79 Å². The number of aromatic nitrogens is 2. The summed E-state index contributed by atoms with van der Waals surface area (Å²) in [5, 5.41) is 9.62. The van der Waals surface area contributed by atoms with Gasteiger partial charge in [-0.05, 0) is 0 Å². The molecule has 88 valence electrons. The normalized spacial score (nSPS) is 10.1. The van der Waals surface area contributed by atoms with E-state index in [0.717, 1.165) is 0 Å². The Labute approximate surface area is 95.1 Å². The van der Waals surface area contributed by atoms with Crippen LogP contribution in [-0.4, -0.2) is 27.9 Å². The fourth-order valence-electron chi connectivity index (χ4n) is 0.810. The lowest BCUT2D eigenvalue weighted by atomic mass is 10.4. The molecule has 0 saturated carbocycles. The van der Waals surface area contributed by atoms with Gasteiger partial charge in [0, 0.05) is 12.2 Å². The standard InChI is InChI=1S/C7H11N5O3S/c8-3-5-11-12-7(15-5)16-2-1-4(13)10-6(9)14/h1-3,8H2,(H3,9,10,13,14). The zero-order chi connectivity index (χ0) is 12.0. The van der Waals surface area contributed by atoms with Gasteiger partial charge >= 0.3 is 6.03 Å². The number of urea groups is 1. The second kappa shape index (κ2) is 6.08. The minimum atomic E-state index is -0.863. The molecule has 1 rings (SSSR count). The van der Waals surface area contributed by atoms with Crippen molar-refractivity contribution in [2.24, 2.45) is 11.5 Å². The number of primary amides is 1. The maximum absolute atomic E-state index is 11.0. The molecule has 0 saturated heterocycles. The van der Waals surface area contributed by atoms with Gasteiger partial charge in [0.2, 0.25) is 11.8 Å². The molecule has 0 aliphatic heterocycles. The summed E-state index contributed by atoms with van der Waals surface area (Å²) in [6.07, 6.45) is 0.133. The Hall–Kier alpha value is -1.61. The van der Waals surface area contributed by atoms with Crippen LogP contribution in [0.15, 0.2) is 9.64 Å². The number of amides is 3. The highest BCUT2D eigenvalue weighted by molar-refractivity contribution is 7.99. The van der Waals surface area contributed by atoms with E-state index in [1.54, 1.807) is 0 Å². The molecule has 8 nitrogen and oxygen atoms in total. The van der Waals surface area contributed by atoms with Crippen LogP contribution in [0.5, 0.6) is 0 Å². The van der Waals surface area contributed by atoms with E-state index in [4.69, 9.17) is 15.9 Å². The molecule has 1 aromatic rings. The Morgan fingerprint density at radius 1 is 1.44 bits per heavy atom. The average molecular weight is 245 g/mol. The second-order valence-corrected chi connectivity index (χ2v) is 3.72. The van der Waals surface area contributed by atoms with Crippen LogP contribution in [0.2, 0.25) is 0 Å². The Kier molecular flexibility index (Phi) is 4.73. The molecule has 0 aromatic carbocycles. The quantitative estimate of drug-likeness (QED) is 0.577. The lowest BCUT2D eigenvalue weighted by Crippen LogP contribution is -2.35. The fraction of sp³-hybridized carbons (Fsp3) is 0.429. The third-order valence-corrected chi connectivity index (χ3v) is 2.26. The summed E-state index contributed by atoms with van der Waals surface area (Å²) in [6.45, 7) is 0.176. The van der Waals surface area contributed by atoms with Crippen molar-refractivity contribution < 1.29 is 14.0 Å². The summed E-state index contributed by atoms with van der Waals surface area (Å²) in [6, 6.07) is -0.863. The maximum Gasteiger partial charge on any atom is 0.318 e. The Morgan fingerprint density at radius 2 is 2.19 bits per heavy atom. The smallest absolute Gasteiger partial charge is 0.318 e. The molecule has 16 heavy (non-hydrogen) atoms. The molecule has 3 amide bonds. The maximum atomic E-state index is 11.0. The van der Waals surface area contributed by atoms with Gasteiger partial charge in [-0.1, -0.05) is 11.8 Å². The van der Waals surface area contributed by atoms with Crippen molar-refractivity contribution in [2.45, 2.75) is 18.2 Å². The summed E-state index contributed by atoms with van der Waals surface area (Å²) < 4.78 is 5.09. The van der Waals surface area contributed by atoms with Gasteiger partial charge in [-0.25, -0.2) is 4.79 Å². The predicted molar refractivity (Wildman–Crippen MR) is 55.3 cm³/mol. The Morgan fingerprint density at radius 3 is 2.75 bits per heavy atom. The third kappa shape index (κ3) is 4.28. The van der Waals surface area contributed by atoms with E-state index in [-0.39, 0.29) is 13.0 Å². The van der Waals surface area contributed by atoms with E-state index in [0.29, 0.717) is 16.9 Å². The van der Waals surface area contributed by atoms with Crippen molar-refractivity contribution in [1.29, 1.82) is 0 Å². The highest BCUT2D eigenvalue weighted by Crippen LogP contribution is 2.16. The lowest BCUT2D eigenvalue weighted by Gasteiger charge is -1.98. The second-order valence-electron chi connectivity index (χ2n) is 2.68. The number of carbonyl (C=O) groups excluding carboxylic acids is 2. The number of nitrogens with two attached hydrogens (primary N) is 2. The van der Waals surface area contributed by atoms with Crippen molar-refractivity contribution in [2.75, 3.05) is 5.75 Å². The van der Waals surface area contributed by atoms with Gasteiger partial charge in [0.1, 0.15) is 0 Å². The third-order valence-electron chi connectivity index (χ3n) is 1.44. The van der Waals surface area contributed by atoms with E-state index < -0.39 is 11.9 Å². The van der Waals surface area contributed by atoms with Crippen LogP contribution in [0.3, 0.4) is 0 Å².